The summed E-state index contributed by atoms with van der Waals surface area (Å²) in [4.78, 5) is 0. The standard InChI is InChI=1S/C48H100O8Si4/c1-28-33(2)40(56-60(26,27)46(14,15)16)35(4)37(54-58(22,23)44(8,9)10)31-38(50-19)41-42(49)47(17,18)48(53-41)32-39(55-59(24,25)45(11,12)13)34(3)36(52-48)29-30-51-57(20,21)43(5,6)7/h28,33-42,49H,1,29-32H2,2-27H3/t33-,34-,35+,36+,37+,38+,39-,40-,41-,42+,48-/m1/s1. The second-order valence-corrected chi connectivity index (χ2v) is 44.8. The SMILES string of the molecule is C=C[C@@H](C)[C@@H](O[Si](C)(C)C(C)(C)C)[C@@H](C)[C@H](C[C@H](OC)[C@H]1O[C@]2(C[C@@H](O[Si](C)(C)C(C)(C)C)[C@H](C)[C@H](CCO[Si](C)(C)C(C)(C)C)O2)C(C)(C)[C@H]1O)O[Si](C)(C)C(C)(C)C. The van der Waals surface area contributed by atoms with E-state index in [1.165, 1.54) is 0 Å². The molecule has 356 valence electrons. The monoisotopic (exact) mass is 917 g/mol. The number of rotatable bonds is 18. The minimum atomic E-state index is -2.30. The second kappa shape index (κ2) is 19.3. The summed E-state index contributed by atoms with van der Waals surface area (Å²) in [6.07, 6.45) is 1.14. The van der Waals surface area contributed by atoms with Crippen LogP contribution in [0.25, 0.3) is 0 Å². The molecule has 0 aliphatic carbocycles. The van der Waals surface area contributed by atoms with Crippen LogP contribution in [0.5, 0.6) is 0 Å². The highest BCUT2D eigenvalue weighted by Gasteiger charge is 2.67. The van der Waals surface area contributed by atoms with Gasteiger partial charge in [-0.3, -0.25) is 0 Å². The second-order valence-electron chi connectivity index (χ2n) is 25.8. The molecule has 60 heavy (non-hydrogen) atoms. The summed E-state index contributed by atoms with van der Waals surface area (Å²) in [5.41, 5.74) is -0.783. The Hall–Kier alpha value is 0.288. The van der Waals surface area contributed by atoms with Crippen molar-refractivity contribution >= 4 is 33.3 Å². The van der Waals surface area contributed by atoms with Crippen LogP contribution in [-0.2, 0) is 31.9 Å². The Morgan fingerprint density at radius 2 is 1.22 bits per heavy atom. The van der Waals surface area contributed by atoms with Crippen LogP contribution in [0.15, 0.2) is 12.7 Å². The van der Waals surface area contributed by atoms with E-state index in [0.717, 1.165) is 6.42 Å². The fourth-order valence-electron chi connectivity index (χ4n) is 7.68. The fraction of sp³-hybridized carbons (Fsp3) is 0.958. The molecule has 2 aliphatic heterocycles. The lowest BCUT2D eigenvalue weighted by molar-refractivity contribution is -0.335. The van der Waals surface area contributed by atoms with E-state index in [2.05, 4.69) is 177 Å². The topological polar surface area (TPSA) is 84.8 Å². The first-order valence-corrected chi connectivity index (χ1v) is 35.1. The molecule has 1 spiro atoms. The van der Waals surface area contributed by atoms with Gasteiger partial charge in [0, 0.05) is 43.8 Å². The molecule has 0 saturated carbocycles. The molecule has 12 heteroatoms. The van der Waals surface area contributed by atoms with E-state index in [9.17, 15) is 5.11 Å². The average Bonchev–Trinajstić information content (AvgIpc) is 3.24. The van der Waals surface area contributed by atoms with Gasteiger partial charge in [-0.1, -0.05) is 124 Å². The van der Waals surface area contributed by atoms with E-state index in [-0.39, 0.29) is 62.3 Å². The molecule has 0 aromatic heterocycles. The molecular formula is C48H100O8Si4. The van der Waals surface area contributed by atoms with E-state index >= 15 is 0 Å². The van der Waals surface area contributed by atoms with Gasteiger partial charge in [-0.05, 0) is 84.9 Å². The molecule has 0 aromatic carbocycles. The first-order chi connectivity index (χ1) is 26.6. The number of aliphatic hydroxyl groups excluding tert-OH is 1. The molecule has 2 heterocycles. The number of ether oxygens (including phenoxy) is 3. The molecule has 8 nitrogen and oxygen atoms in total. The summed E-state index contributed by atoms with van der Waals surface area (Å²) in [5, 5.41) is 12.8. The van der Waals surface area contributed by atoms with Gasteiger partial charge in [-0.2, -0.15) is 0 Å². The largest absolute Gasteiger partial charge is 0.417 e. The van der Waals surface area contributed by atoms with Crippen molar-refractivity contribution in [2.45, 2.75) is 258 Å². The van der Waals surface area contributed by atoms with Gasteiger partial charge >= 0.3 is 0 Å². The van der Waals surface area contributed by atoms with Crippen molar-refractivity contribution in [2.75, 3.05) is 13.7 Å². The Morgan fingerprint density at radius 1 is 0.750 bits per heavy atom. The van der Waals surface area contributed by atoms with Crippen LogP contribution >= 0.6 is 0 Å². The third-order valence-electron chi connectivity index (χ3n) is 16.9. The van der Waals surface area contributed by atoms with Crippen LogP contribution in [0, 0.1) is 23.2 Å². The van der Waals surface area contributed by atoms with Gasteiger partial charge < -0.3 is 37.0 Å². The van der Waals surface area contributed by atoms with E-state index in [1.807, 2.05) is 6.08 Å². The molecular weight excluding hydrogens is 817 g/mol. The molecule has 0 aromatic rings. The molecule has 1 N–H and O–H groups in total. The van der Waals surface area contributed by atoms with Gasteiger partial charge in [-0.15, -0.1) is 6.58 Å². The van der Waals surface area contributed by atoms with Crippen molar-refractivity contribution in [1.82, 2.24) is 0 Å². The molecule has 2 aliphatic rings. The van der Waals surface area contributed by atoms with Crippen molar-refractivity contribution < 1.29 is 37.0 Å². The Kier molecular flexibility index (Phi) is 18.1. The normalized spacial score (nSPS) is 29.0. The van der Waals surface area contributed by atoms with Gasteiger partial charge in [0.25, 0.3) is 0 Å². The van der Waals surface area contributed by atoms with E-state index < -0.39 is 62.8 Å². The third kappa shape index (κ3) is 12.4. The molecule has 2 fully saturated rings. The number of methoxy groups -OCH3 is 1. The molecule has 2 rings (SSSR count). The third-order valence-corrected chi connectivity index (χ3v) is 34.9. The maximum absolute atomic E-state index is 12.6. The number of aliphatic hydroxyl groups is 1. The van der Waals surface area contributed by atoms with Crippen molar-refractivity contribution in [3.63, 3.8) is 0 Å². The first-order valence-electron chi connectivity index (χ1n) is 23.4. The zero-order valence-electron chi connectivity index (χ0n) is 44.2. The fourth-order valence-corrected chi connectivity index (χ4v) is 13.0. The maximum atomic E-state index is 12.6. The van der Waals surface area contributed by atoms with Gasteiger partial charge in [-0.25, -0.2) is 0 Å². The highest BCUT2D eigenvalue weighted by molar-refractivity contribution is 6.75. The summed E-state index contributed by atoms with van der Waals surface area (Å²) in [6.45, 7) is 61.9. The van der Waals surface area contributed by atoms with Crippen molar-refractivity contribution in [3.8, 4) is 0 Å². The highest BCUT2D eigenvalue weighted by Crippen LogP contribution is 2.56. The maximum Gasteiger partial charge on any atom is 0.192 e. The molecule has 11 atom stereocenters. The van der Waals surface area contributed by atoms with Crippen LogP contribution < -0.4 is 0 Å². The molecule has 0 amide bonds. The lowest BCUT2D eigenvalue weighted by Crippen LogP contribution is -2.60. The van der Waals surface area contributed by atoms with Crippen molar-refractivity contribution in [3.05, 3.63) is 12.7 Å². The Balaban J connectivity index is 2.70. The van der Waals surface area contributed by atoms with E-state index in [1.54, 1.807) is 7.11 Å². The Bertz CT molecular complexity index is 1390. The van der Waals surface area contributed by atoms with Crippen LogP contribution in [-0.4, -0.2) is 101 Å². The molecule has 0 bridgehead atoms. The van der Waals surface area contributed by atoms with Crippen LogP contribution in [0.2, 0.25) is 72.5 Å². The summed E-state index contributed by atoms with van der Waals surface area (Å²) >= 11 is 0. The molecule has 0 unspecified atom stereocenters. The predicted molar refractivity (Wildman–Crippen MR) is 264 cm³/mol. The highest BCUT2D eigenvalue weighted by atomic mass is 28.4. The zero-order chi connectivity index (χ0) is 47.3. The summed E-state index contributed by atoms with van der Waals surface area (Å²) in [6, 6.07) is 0. The lowest BCUT2D eigenvalue weighted by Gasteiger charge is -2.53. The zero-order valence-corrected chi connectivity index (χ0v) is 48.2. The van der Waals surface area contributed by atoms with Crippen molar-refractivity contribution in [1.29, 1.82) is 0 Å². The van der Waals surface area contributed by atoms with Crippen LogP contribution in [0.1, 0.15) is 137 Å². The van der Waals surface area contributed by atoms with Crippen LogP contribution in [0.4, 0.5) is 0 Å². The Labute approximate surface area is 376 Å². The Morgan fingerprint density at radius 3 is 1.65 bits per heavy atom. The smallest absolute Gasteiger partial charge is 0.192 e. The summed E-state index contributed by atoms with van der Waals surface area (Å²) in [5.74, 6) is -0.903. The molecule has 2 saturated heterocycles. The van der Waals surface area contributed by atoms with Gasteiger partial charge in [0.15, 0.2) is 39.1 Å². The van der Waals surface area contributed by atoms with Gasteiger partial charge in [0.05, 0.1) is 36.6 Å². The van der Waals surface area contributed by atoms with E-state index in [0.29, 0.717) is 19.4 Å². The number of hydrogen-bond acceptors (Lipinski definition) is 8. The minimum Gasteiger partial charge on any atom is -0.417 e. The number of hydrogen-bond donors (Lipinski definition) is 1. The van der Waals surface area contributed by atoms with Crippen LogP contribution in [0.3, 0.4) is 0 Å². The quantitative estimate of drug-likeness (QED) is 0.108. The van der Waals surface area contributed by atoms with Gasteiger partial charge in [0.2, 0.25) is 0 Å². The van der Waals surface area contributed by atoms with Gasteiger partial charge in [0.1, 0.15) is 6.10 Å². The van der Waals surface area contributed by atoms with Crippen molar-refractivity contribution in [2.24, 2.45) is 23.2 Å². The predicted octanol–water partition coefficient (Wildman–Crippen LogP) is 13.3. The first kappa shape index (κ1) is 56.4. The minimum absolute atomic E-state index is 0.00107. The van der Waals surface area contributed by atoms with E-state index in [4.69, 9.17) is 31.9 Å². The lowest BCUT2D eigenvalue weighted by atomic mass is 9.72. The summed E-state index contributed by atoms with van der Waals surface area (Å²) < 4.78 is 50.0. The molecule has 0 radical (unpaired) electrons. The average molecular weight is 918 g/mol. The summed E-state index contributed by atoms with van der Waals surface area (Å²) in [7, 11) is -6.92.